The molecule has 1 saturated carbocycles. The molecule has 2 aromatic carbocycles. The minimum absolute atomic E-state index is 0.272. The van der Waals surface area contributed by atoms with Crippen molar-refractivity contribution >= 4 is 18.1 Å². The van der Waals surface area contributed by atoms with E-state index in [4.69, 9.17) is 17.0 Å². The maximum atomic E-state index is 13.0. The molecule has 5 rings (SSSR count). The minimum Gasteiger partial charge on any atom is -0.497 e. The van der Waals surface area contributed by atoms with Crippen molar-refractivity contribution in [1.29, 1.82) is 0 Å². The van der Waals surface area contributed by atoms with Crippen molar-refractivity contribution in [3.8, 4) is 22.7 Å². The van der Waals surface area contributed by atoms with Crippen molar-refractivity contribution in [2.45, 2.75) is 25.4 Å². The third-order valence-corrected chi connectivity index (χ3v) is 5.71. The van der Waals surface area contributed by atoms with Gasteiger partial charge in [-0.1, -0.05) is 18.2 Å². The van der Waals surface area contributed by atoms with E-state index in [1.54, 1.807) is 17.9 Å². The molecule has 0 bridgehead atoms. The standard InChI is InChI=1S/C23H22N6O2S/c1-31-18-11-7-15(8-12-18)20-13-19(27-29(20)17-5-3-2-4-6-17)22(30)24-14-21-25-26-23(32)28(21)16-9-10-16/h2-8,11-13,16H,9-10,14H2,1H3,(H,24,30)(H,26,32). The molecule has 2 aromatic heterocycles. The highest BCUT2D eigenvalue weighted by atomic mass is 32.1. The van der Waals surface area contributed by atoms with Crippen molar-refractivity contribution in [3.63, 3.8) is 0 Å². The molecule has 0 atom stereocenters. The number of rotatable bonds is 7. The molecule has 1 aliphatic rings. The minimum atomic E-state index is -0.272. The number of para-hydroxylation sites is 1. The number of aromatic amines is 1. The summed E-state index contributed by atoms with van der Waals surface area (Å²) in [7, 11) is 1.63. The van der Waals surface area contributed by atoms with Gasteiger partial charge in [0.05, 0.1) is 25.0 Å². The number of benzene rings is 2. The summed E-state index contributed by atoms with van der Waals surface area (Å²) in [6, 6.07) is 19.6. The third kappa shape index (κ3) is 3.94. The highest BCUT2D eigenvalue weighted by molar-refractivity contribution is 7.71. The van der Waals surface area contributed by atoms with E-state index in [9.17, 15) is 4.79 Å². The topological polar surface area (TPSA) is 89.8 Å². The Bertz CT molecular complexity index is 1300. The smallest absolute Gasteiger partial charge is 0.272 e. The van der Waals surface area contributed by atoms with Gasteiger partial charge in [-0.3, -0.25) is 14.5 Å². The van der Waals surface area contributed by atoms with Crippen LogP contribution >= 0.6 is 12.2 Å². The molecule has 1 aliphatic carbocycles. The summed E-state index contributed by atoms with van der Waals surface area (Å²) >= 11 is 5.32. The number of nitrogens with one attached hydrogen (secondary N) is 2. The lowest BCUT2D eigenvalue weighted by molar-refractivity contribution is 0.0944. The van der Waals surface area contributed by atoms with Gasteiger partial charge in [0.25, 0.3) is 5.91 Å². The van der Waals surface area contributed by atoms with E-state index < -0.39 is 0 Å². The second-order valence-electron chi connectivity index (χ2n) is 7.62. The highest BCUT2D eigenvalue weighted by Gasteiger charge is 2.27. The van der Waals surface area contributed by atoms with Crippen LogP contribution in [0.25, 0.3) is 16.9 Å². The maximum absolute atomic E-state index is 13.0. The number of methoxy groups -OCH3 is 1. The molecule has 0 radical (unpaired) electrons. The fourth-order valence-electron chi connectivity index (χ4n) is 3.65. The predicted molar refractivity (Wildman–Crippen MR) is 122 cm³/mol. The zero-order valence-corrected chi connectivity index (χ0v) is 18.3. The molecule has 2 N–H and O–H groups in total. The first-order valence-electron chi connectivity index (χ1n) is 10.4. The molecule has 0 aliphatic heterocycles. The predicted octanol–water partition coefficient (Wildman–Crippen LogP) is 4.07. The molecule has 9 heteroatoms. The first-order chi connectivity index (χ1) is 15.6. The number of carbonyl (C=O) groups is 1. The second kappa shape index (κ2) is 8.43. The van der Waals surface area contributed by atoms with E-state index in [1.165, 1.54) is 0 Å². The molecular weight excluding hydrogens is 424 g/mol. The lowest BCUT2D eigenvalue weighted by Gasteiger charge is -2.08. The molecule has 0 unspecified atom stereocenters. The Morgan fingerprint density at radius 3 is 2.62 bits per heavy atom. The SMILES string of the molecule is COc1ccc(-c2cc(C(=O)NCc3n[nH]c(=S)n3C3CC3)nn2-c2ccccc2)cc1. The fourth-order valence-corrected chi connectivity index (χ4v) is 3.95. The van der Waals surface area contributed by atoms with Gasteiger partial charge in [0.15, 0.2) is 16.3 Å². The van der Waals surface area contributed by atoms with Gasteiger partial charge in [-0.25, -0.2) is 4.68 Å². The first kappa shape index (κ1) is 20.2. The summed E-state index contributed by atoms with van der Waals surface area (Å²) in [5, 5.41) is 14.6. The van der Waals surface area contributed by atoms with E-state index >= 15 is 0 Å². The van der Waals surface area contributed by atoms with Crippen LogP contribution in [0.3, 0.4) is 0 Å². The Balaban J connectivity index is 1.44. The van der Waals surface area contributed by atoms with Gasteiger partial charge in [-0.15, -0.1) is 0 Å². The first-order valence-corrected chi connectivity index (χ1v) is 10.8. The van der Waals surface area contributed by atoms with Crippen LogP contribution in [0.5, 0.6) is 5.75 Å². The molecular formula is C23H22N6O2S. The van der Waals surface area contributed by atoms with E-state index in [0.717, 1.165) is 41.4 Å². The van der Waals surface area contributed by atoms with Crippen LogP contribution < -0.4 is 10.1 Å². The Morgan fingerprint density at radius 1 is 1.19 bits per heavy atom. The normalized spacial score (nSPS) is 13.2. The van der Waals surface area contributed by atoms with E-state index in [2.05, 4.69) is 20.6 Å². The van der Waals surface area contributed by atoms with Gasteiger partial charge in [-0.05, 0) is 67.5 Å². The molecule has 4 aromatic rings. The Morgan fingerprint density at radius 2 is 1.94 bits per heavy atom. The van der Waals surface area contributed by atoms with Crippen molar-refractivity contribution in [2.75, 3.05) is 7.11 Å². The van der Waals surface area contributed by atoms with Crippen LogP contribution in [-0.4, -0.2) is 37.6 Å². The van der Waals surface area contributed by atoms with E-state index in [1.807, 2.05) is 59.2 Å². The Kier molecular flexibility index (Phi) is 5.32. The third-order valence-electron chi connectivity index (χ3n) is 5.43. The number of H-pyrrole nitrogens is 1. The van der Waals surface area contributed by atoms with Crippen LogP contribution in [0.1, 0.15) is 35.2 Å². The molecule has 2 heterocycles. The average molecular weight is 447 g/mol. The summed E-state index contributed by atoms with van der Waals surface area (Å²) in [5.41, 5.74) is 2.93. The zero-order chi connectivity index (χ0) is 22.1. The summed E-state index contributed by atoms with van der Waals surface area (Å²) in [6.07, 6.45) is 2.17. The molecule has 1 amide bonds. The number of nitrogens with zero attached hydrogens (tertiary/aromatic N) is 4. The molecule has 0 saturated heterocycles. The summed E-state index contributed by atoms with van der Waals surface area (Å²) in [6.45, 7) is 0.276. The van der Waals surface area contributed by atoms with Crippen LogP contribution in [0, 0.1) is 4.77 Å². The van der Waals surface area contributed by atoms with Gasteiger partial charge >= 0.3 is 0 Å². The van der Waals surface area contributed by atoms with Gasteiger partial charge in [0, 0.05) is 11.6 Å². The summed E-state index contributed by atoms with van der Waals surface area (Å²) in [4.78, 5) is 13.0. The molecule has 0 spiro atoms. The largest absolute Gasteiger partial charge is 0.497 e. The Labute approximate surface area is 189 Å². The molecule has 162 valence electrons. The fraction of sp³-hybridized carbons (Fsp3) is 0.217. The van der Waals surface area contributed by atoms with Gasteiger partial charge < -0.3 is 10.1 Å². The zero-order valence-electron chi connectivity index (χ0n) is 17.5. The van der Waals surface area contributed by atoms with Gasteiger partial charge in [0.1, 0.15) is 5.75 Å². The highest BCUT2D eigenvalue weighted by Crippen LogP contribution is 2.35. The summed E-state index contributed by atoms with van der Waals surface area (Å²) in [5.74, 6) is 1.22. The molecule has 1 fully saturated rings. The monoisotopic (exact) mass is 446 g/mol. The maximum Gasteiger partial charge on any atom is 0.272 e. The van der Waals surface area contributed by atoms with Crippen LogP contribution in [-0.2, 0) is 6.54 Å². The van der Waals surface area contributed by atoms with Gasteiger partial charge in [0.2, 0.25) is 0 Å². The van der Waals surface area contributed by atoms with Crippen molar-refractivity contribution in [2.24, 2.45) is 0 Å². The number of hydrogen-bond acceptors (Lipinski definition) is 5. The van der Waals surface area contributed by atoms with E-state index in [-0.39, 0.29) is 12.5 Å². The molecule has 8 nitrogen and oxygen atoms in total. The van der Waals surface area contributed by atoms with Crippen molar-refractivity contribution in [1.82, 2.24) is 29.9 Å². The van der Waals surface area contributed by atoms with Crippen LogP contribution in [0.2, 0.25) is 0 Å². The van der Waals surface area contributed by atoms with Crippen LogP contribution in [0.4, 0.5) is 0 Å². The van der Waals surface area contributed by atoms with Crippen LogP contribution in [0.15, 0.2) is 60.7 Å². The number of hydrogen-bond donors (Lipinski definition) is 2. The number of aromatic nitrogens is 5. The van der Waals surface area contributed by atoms with E-state index in [0.29, 0.717) is 16.5 Å². The number of amides is 1. The Hall–Kier alpha value is -3.72. The second-order valence-corrected chi connectivity index (χ2v) is 8.01. The van der Waals surface area contributed by atoms with Crippen molar-refractivity contribution < 1.29 is 9.53 Å². The average Bonchev–Trinajstić information content (AvgIpc) is 3.45. The number of carbonyl (C=O) groups excluding carboxylic acids is 1. The molecule has 32 heavy (non-hydrogen) atoms. The lowest BCUT2D eigenvalue weighted by Crippen LogP contribution is -2.25. The van der Waals surface area contributed by atoms with Gasteiger partial charge in [-0.2, -0.15) is 10.2 Å². The quantitative estimate of drug-likeness (QED) is 0.418. The number of ether oxygens (including phenoxy) is 1. The lowest BCUT2D eigenvalue weighted by atomic mass is 10.1. The summed E-state index contributed by atoms with van der Waals surface area (Å²) < 4.78 is 9.62. The van der Waals surface area contributed by atoms with Crippen molar-refractivity contribution in [3.05, 3.63) is 77.0 Å².